The Bertz CT molecular complexity index is 352. The fourth-order valence-corrected chi connectivity index (χ4v) is 3.94. The lowest BCUT2D eigenvalue weighted by molar-refractivity contribution is 0.383. The van der Waals surface area contributed by atoms with Crippen LogP contribution in [0.2, 0.25) is 0 Å². The predicted molar refractivity (Wildman–Crippen MR) is 109 cm³/mol. The number of rotatable bonds is 19. The Hall–Kier alpha value is -0.130. The quantitative estimate of drug-likeness (QED) is 0.256. The monoisotopic (exact) mass is 375 g/mol. The van der Waals surface area contributed by atoms with Gasteiger partial charge >= 0.3 is 0 Å². The van der Waals surface area contributed by atoms with Crippen LogP contribution in [0.25, 0.3) is 0 Å². The molecule has 1 N–H and O–H groups in total. The molecule has 0 aromatic carbocycles. The van der Waals surface area contributed by atoms with E-state index in [-0.39, 0.29) is 0 Å². The molecule has 0 saturated carbocycles. The molecule has 0 aliphatic carbocycles. The molecule has 0 spiro atoms. The van der Waals surface area contributed by atoms with Gasteiger partial charge in [-0.3, -0.25) is 0 Å². The third-order valence-electron chi connectivity index (χ3n) is 4.86. The van der Waals surface area contributed by atoms with Crippen molar-refractivity contribution in [2.24, 2.45) is 0 Å². The minimum Gasteiger partial charge on any atom is -0.194 e. The van der Waals surface area contributed by atoms with E-state index in [2.05, 4.69) is 13.8 Å². The summed E-state index contributed by atoms with van der Waals surface area (Å²) in [5.74, 6) is 0. The number of unbranched alkanes of at least 4 members (excludes halogenated alkanes) is 14. The molecule has 0 unspecified atom stereocenters. The smallest absolute Gasteiger partial charge is 0.194 e. The summed E-state index contributed by atoms with van der Waals surface area (Å²) in [4.78, 5) is 0. The average molecular weight is 376 g/mol. The van der Waals surface area contributed by atoms with Gasteiger partial charge in [-0.25, -0.2) is 0 Å². The van der Waals surface area contributed by atoms with Crippen LogP contribution in [0.15, 0.2) is 0 Å². The maximum absolute atomic E-state index is 11.6. The van der Waals surface area contributed by atoms with E-state index >= 15 is 0 Å². The molecule has 0 aliphatic rings. The van der Waals surface area contributed by atoms with Crippen molar-refractivity contribution in [1.82, 2.24) is 9.44 Å². The highest BCUT2D eigenvalue weighted by atomic mass is 32.2. The number of hydrogen-bond acceptors (Lipinski definition) is 2. The van der Waals surface area contributed by atoms with Gasteiger partial charge in [0.2, 0.25) is 0 Å². The number of hydrogen-bond donors (Lipinski definition) is 0. The fraction of sp³-hybridized carbons (Fsp3) is 1.00. The topological polar surface area (TPSA) is 61.2 Å². The SMILES string of the molecule is CCCCCCCCCCN(CCCCCCCCCC)S([NH])(=O)=O. The summed E-state index contributed by atoms with van der Waals surface area (Å²) >= 11 is 0. The molecule has 0 rings (SSSR count). The zero-order chi connectivity index (χ0) is 18.8. The maximum Gasteiger partial charge on any atom is 0.293 e. The summed E-state index contributed by atoms with van der Waals surface area (Å²) in [5, 5.41) is 7.37. The van der Waals surface area contributed by atoms with Crippen molar-refractivity contribution in [3.05, 3.63) is 0 Å². The third kappa shape index (κ3) is 17.1. The van der Waals surface area contributed by atoms with Crippen LogP contribution < -0.4 is 5.14 Å². The molecule has 151 valence electrons. The van der Waals surface area contributed by atoms with Gasteiger partial charge in [-0.1, -0.05) is 104 Å². The molecule has 25 heavy (non-hydrogen) atoms. The van der Waals surface area contributed by atoms with Gasteiger partial charge in [0.15, 0.2) is 0 Å². The first-order valence-electron chi connectivity index (χ1n) is 10.8. The molecule has 0 atom stereocenters. The van der Waals surface area contributed by atoms with Gasteiger partial charge in [-0.2, -0.15) is 12.7 Å². The first-order valence-corrected chi connectivity index (χ1v) is 12.2. The van der Waals surface area contributed by atoms with Gasteiger partial charge in [0.05, 0.1) is 0 Å². The molecular weight excluding hydrogens is 332 g/mol. The van der Waals surface area contributed by atoms with Crippen molar-refractivity contribution in [1.29, 1.82) is 0 Å². The summed E-state index contributed by atoms with van der Waals surface area (Å²) in [7, 11) is -3.79. The predicted octanol–water partition coefficient (Wildman–Crippen LogP) is 6.10. The molecule has 5 heteroatoms. The Morgan fingerprint density at radius 2 is 0.840 bits per heavy atom. The lowest BCUT2D eigenvalue weighted by Gasteiger charge is -2.18. The van der Waals surface area contributed by atoms with Crippen molar-refractivity contribution >= 4 is 10.2 Å². The van der Waals surface area contributed by atoms with E-state index in [1.54, 1.807) is 0 Å². The second-order valence-corrected chi connectivity index (χ2v) is 8.82. The highest BCUT2D eigenvalue weighted by Gasteiger charge is 2.16. The van der Waals surface area contributed by atoms with Gasteiger partial charge in [0, 0.05) is 13.1 Å². The van der Waals surface area contributed by atoms with Crippen molar-refractivity contribution in [2.75, 3.05) is 13.1 Å². The Morgan fingerprint density at radius 1 is 0.560 bits per heavy atom. The van der Waals surface area contributed by atoms with Crippen LogP contribution in [0.1, 0.15) is 117 Å². The minimum atomic E-state index is -3.79. The Kier molecular flexibility index (Phi) is 17.2. The zero-order valence-corrected chi connectivity index (χ0v) is 17.7. The summed E-state index contributed by atoms with van der Waals surface area (Å²) in [6.45, 7) is 5.50. The highest BCUT2D eigenvalue weighted by molar-refractivity contribution is 7.86. The Labute approximate surface area is 158 Å². The third-order valence-corrected chi connectivity index (χ3v) is 5.91. The molecule has 0 saturated heterocycles. The second-order valence-electron chi connectivity index (χ2n) is 7.35. The Balaban J connectivity index is 3.70. The van der Waals surface area contributed by atoms with Gasteiger partial charge in [-0.15, -0.1) is 5.14 Å². The molecule has 0 aliphatic heterocycles. The van der Waals surface area contributed by atoms with Crippen LogP contribution in [0.3, 0.4) is 0 Å². The zero-order valence-electron chi connectivity index (χ0n) is 16.9. The van der Waals surface area contributed by atoms with Crippen LogP contribution in [-0.2, 0) is 10.2 Å². The molecule has 0 heterocycles. The van der Waals surface area contributed by atoms with E-state index in [0.29, 0.717) is 13.1 Å². The normalized spacial score (nSPS) is 12.2. The van der Waals surface area contributed by atoms with Crippen LogP contribution in [-0.4, -0.2) is 25.8 Å². The molecule has 0 bridgehead atoms. The van der Waals surface area contributed by atoms with Crippen molar-refractivity contribution < 1.29 is 8.42 Å². The van der Waals surface area contributed by atoms with Gasteiger partial charge in [0.1, 0.15) is 0 Å². The van der Waals surface area contributed by atoms with Gasteiger partial charge in [-0.05, 0) is 12.8 Å². The van der Waals surface area contributed by atoms with E-state index in [1.165, 1.54) is 81.4 Å². The fourth-order valence-electron chi connectivity index (χ4n) is 3.20. The largest absolute Gasteiger partial charge is 0.293 e. The summed E-state index contributed by atoms with van der Waals surface area (Å²) < 4.78 is 24.6. The highest BCUT2D eigenvalue weighted by Crippen LogP contribution is 2.12. The van der Waals surface area contributed by atoms with Crippen LogP contribution in [0.4, 0.5) is 0 Å². The minimum absolute atomic E-state index is 0.525. The molecule has 1 radical (unpaired) electrons. The lowest BCUT2D eigenvalue weighted by atomic mass is 10.1. The van der Waals surface area contributed by atoms with Gasteiger partial charge < -0.3 is 0 Å². The van der Waals surface area contributed by atoms with E-state index < -0.39 is 10.2 Å². The summed E-state index contributed by atoms with van der Waals surface area (Å²) in [5.41, 5.74) is 0. The van der Waals surface area contributed by atoms with Crippen molar-refractivity contribution in [3.63, 3.8) is 0 Å². The molecular formula is C20H43N2O2S. The molecule has 0 aromatic heterocycles. The second kappa shape index (κ2) is 17.3. The van der Waals surface area contributed by atoms with E-state index in [1.807, 2.05) is 0 Å². The van der Waals surface area contributed by atoms with E-state index in [0.717, 1.165) is 25.7 Å². The molecule has 0 amide bonds. The van der Waals surface area contributed by atoms with Crippen LogP contribution in [0, 0.1) is 0 Å². The van der Waals surface area contributed by atoms with Crippen molar-refractivity contribution in [2.45, 2.75) is 117 Å². The van der Waals surface area contributed by atoms with Crippen LogP contribution in [0.5, 0.6) is 0 Å². The molecule has 0 aromatic rings. The van der Waals surface area contributed by atoms with E-state index in [4.69, 9.17) is 5.14 Å². The van der Waals surface area contributed by atoms with Crippen LogP contribution >= 0.6 is 0 Å². The van der Waals surface area contributed by atoms with Gasteiger partial charge in [0.25, 0.3) is 10.2 Å². The molecule has 4 nitrogen and oxygen atoms in total. The maximum atomic E-state index is 11.6. The summed E-state index contributed by atoms with van der Waals surface area (Å²) in [6, 6.07) is 0. The first-order chi connectivity index (χ1) is 12.0. The lowest BCUT2D eigenvalue weighted by Crippen LogP contribution is -2.33. The average Bonchev–Trinajstić information content (AvgIpc) is 2.56. The molecule has 0 fully saturated rings. The standard InChI is InChI=1S/C20H43N2O2S/c1-3-5-7-9-11-13-15-17-19-22(25(21,23)24)20-18-16-14-12-10-8-6-4-2/h21H,3-20H2,1-2H3. The number of nitrogens with zero attached hydrogens (tertiary/aromatic N) is 1. The van der Waals surface area contributed by atoms with E-state index in [9.17, 15) is 8.42 Å². The first kappa shape index (κ1) is 24.9. The number of nitrogens with one attached hydrogen (secondary N) is 1. The Morgan fingerprint density at radius 3 is 1.12 bits per heavy atom. The van der Waals surface area contributed by atoms with Crippen molar-refractivity contribution in [3.8, 4) is 0 Å². The summed E-state index contributed by atoms with van der Waals surface area (Å²) in [6.07, 6.45) is 19.3.